The zero-order valence-corrected chi connectivity index (χ0v) is 13.9. The highest BCUT2D eigenvalue weighted by Crippen LogP contribution is 2.29. The summed E-state index contributed by atoms with van der Waals surface area (Å²) in [6.45, 7) is 7.17. The van der Waals surface area contributed by atoms with Gasteiger partial charge in [0.1, 0.15) is 9.88 Å². The average Bonchev–Trinajstić information content (AvgIpc) is 2.92. The van der Waals surface area contributed by atoms with Crippen LogP contribution in [0.15, 0.2) is 30.3 Å². The molecule has 1 saturated heterocycles. The van der Waals surface area contributed by atoms with Crippen molar-refractivity contribution in [2.24, 2.45) is 0 Å². The predicted octanol–water partition coefficient (Wildman–Crippen LogP) is 3.37. The number of benzene rings is 1. The number of nitrogens with zero attached hydrogens (tertiary/aromatic N) is 2. The maximum atomic E-state index is 12.9. The quantitative estimate of drug-likeness (QED) is 0.853. The fourth-order valence-corrected chi connectivity index (χ4v) is 3.64. The summed E-state index contributed by atoms with van der Waals surface area (Å²) in [6.07, 6.45) is 0.0852. The number of hydrogen-bond acceptors (Lipinski definition) is 4. The molecule has 1 aromatic carbocycles. The molecule has 2 unspecified atom stereocenters. The normalized spacial score (nSPS) is 21.9. The van der Waals surface area contributed by atoms with E-state index in [1.165, 1.54) is 11.3 Å². The van der Waals surface area contributed by atoms with Gasteiger partial charge in [0.15, 0.2) is 0 Å². The number of morpholine rings is 1. The lowest BCUT2D eigenvalue weighted by Gasteiger charge is -2.36. The van der Waals surface area contributed by atoms with Crippen molar-refractivity contribution in [3.05, 3.63) is 40.9 Å². The molecule has 0 spiro atoms. The molecule has 2 aromatic rings. The molecule has 0 saturated carbocycles. The Bertz CT molecular complexity index is 669. The van der Waals surface area contributed by atoms with E-state index in [0.717, 1.165) is 21.1 Å². The molecule has 1 aromatic heterocycles. The minimum atomic E-state index is 0.0693. The lowest BCUT2D eigenvalue weighted by molar-refractivity contribution is -0.0385. The number of carbonyl (C=O) groups is 1. The van der Waals surface area contributed by atoms with E-state index >= 15 is 0 Å². The first-order valence-electron chi connectivity index (χ1n) is 7.51. The molecule has 2 heterocycles. The molecule has 0 N–H and O–H groups in total. The van der Waals surface area contributed by atoms with Gasteiger partial charge in [-0.2, -0.15) is 0 Å². The van der Waals surface area contributed by atoms with Crippen LogP contribution in [0.3, 0.4) is 0 Å². The molecular formula is C17H20N2O2S. The van der Waals surface area contributed by atoms with Crippen LogP contribution in [-0.2, 0) is 4.74 Å². The molecular weight excluding hydrogens is 296 g/mol. The first kappa shape index (κ1) is 15.2. The second kappa shape index (κ2) is 6.18. The summed E-state index contributed by atoms with van der Waals surface area (Å²) < 4.78 is 5.61. The van der Waals surface area contributed by atoms with Gasteiger partial charge in [-0.1, -0.05) is 30.3 Å². The third kappa shape index (κ3) is 2.91. The van der Waals surface area contributed by atoms with Crippen molar-refractivity contribution >= 4 is 17.2 Å². The fraction of sp³-hybridized carbons (Fsp3) is 0.412. The summed E-state index contributed by atoms with van der Waals surface area (Å²) in [6, 6.07) is 10.1. The number of aryl methyl sites for hydroxylation is 1. The van der Waals surface area contributed by atoms with Gasteiger partial charge in [0.2, 0.25) is 0 Å². The van der Waals surface area contributed by atoms with E-state index in [-0.39, 0.29) is 18.1 Å². The van der Waals surface area contributed by atoms with Crippen LogP contribution in [-0.4, -0.2) is 41.1 Å². The van der Waals surface area contributed by atoms with E-state index in [1.807, 2.05) is 56.0 Å². The van der Waals surface area contributed by atoms with Gasteiger partial charge in [0.25, 0.3) is 5.91 Å². The number of hydrogen-bond donors (Lipinski definition) is 0. The standard InChI is InChI=1S/C17H20N2O2S/c1-11-10-21-12(2)9-19(11)17(20)15-13(3)18-16(22-15)14-7-5-4-6-8-14/h4-8,11-12H,9-10H2,1-3H3. The Morgan fingerprint density at radius 2 is 2.05 bits per heavy atom. The third-order valence-electron chi connectivity index (χ3n) is 3.88. The van der Waals surface area contributed by atoms with E-state index in [0.29, 0.717) is 13.2 Å². The van der Waals surface area contributed by atoms with Crippen LogP contribution >= 0.6 is 11.3 Å². The second-order valence-corrected chi connectivity index (χ2v) is 6.75. The Kier molecular flexibility index (Phi) is 4.27. The van der Waals surface area contributed by atoms with Gasteiger partial charge in [-0.25, -0.2) is 4.98 Å². The summed E-state index contributed by atoms with van der Waals surface area (Å²) in [7, 11) is 0. The summed E-state index contributed by atoms with van der Waals surface area (Å²) >= 11 is 1.47. The summed E-state index contributed by atoms with van der Waals surface area (Å²) in [5, 5.41) is 0.899. The second-order valence-electron chi connectivity index (χ2n) is 5.75. The molecule has 116 valence electrons. The lowest BCUT2D eigenvalue weighted by atomic mass is 10.2. The number of thiazole rings is 1. The molecule has 0 aliphatic carbocycles. The van der Waals surface area contributed by atoms with Gasteiger partial charge in [-0.15, -0.1) is 11.3 Å². The number of aromatic nitrogens is 1. The fourth-order valence-electron chi connectivity index (χ4n) is 2.62. The van der Waals surface area contributed by atoms with Gasteiger partial charge < -0.3 is 9.64 Å². The van der Waals surface area contributed by atoms with Crippen molar-refractivity contribution in [2.45, 2.75) is 32.9 Å². The third-order valence-corrected chi connectivity index (χ3v) is 5.07. The Hall–Kier alpha value is -1.72. The van der Waals surface area contributed by atoms with Gasteiger partial charge >= 0.3 is 0 Å². The topological polar surface area (TPSA) is 42.4 Å². The highest BCUT2D eigenvalue weighted by atomic mass is 32.1. The van der Waals surface area contributed by atoms with Gasteiger partial charge in [0.05, 0.1) is 24.4 Å². The maximum absolute atomic E-state index is 12.9. The number of rotatable bonds is 2. The Labute approximate surface area is 134 Å². The van der Waals surface area contributed by atoms with E-state index in [1.54, 1.807) is 0 Å². The average molecular weight is 316 g/mol. The maximum Gasteiger partial charge on any atom is 0.266 e. The first-order valence-corrected chi connectivity index (χ1v) is 8.33. The van der Waals surface area contributed by atoms with Gasteiger partial charge in [-0.05, 0) is 20.8 Å². The van der Waals surface area contributed by atoms with Crippen LogP contribution in [0.1, 0.15) is 29.2 Å². The molecule has 0 radical (unpaired) electrons. The molecule has 1 aliphatic heterocycles. The molecule has 1 fully saturated rings. The minimum Gasteiger partial charge on any atom is -0.375 e. The molecule has 4 nitrogen and oxygen atoms in total. The SMILES string of the molecule is Cc1nc(-c2ccccc2)sc1C(=O)N1CC(C)OCC1C. The van der Waals surface area contributed by atoms with Crippen LogP contribution in [0.4, 0.5) is 0 Å². The van der Waals surface area contributed by atoms with Crippen molar-refractivity contribution in [2.75, 3.05) is 13.2 Å². The van der Waals surface area contributed by atoms with Crippen LogP contribution in [0.5, 0.6) is 0 Å². The Balaban J connectivity index is 1.88. The van der Waals surface area contributed by atoms with Crippen molar-refractivity contribution in [1.82, 2.24) is 9.88 Å². The monoisotopic (exact) mass is 316 g/mol. The molecule has 5 heteroatoms. The highest BCUT2D eigenvalue weighted by Gasteiger charge is 2.30. The van der Waals surface area contributed by atoms with Crippen molar-refractivity contribution < 1.29 is 9.53 Å². The summed E-state index contributed by atoms with van der Waals surface area (Å²) in [5.41, 5.74) is 1.86. The molecule has 3 rings (SSSR count). The predicted molar refractivity (Wildman–Crippen MR) is 88.2 cm³/mol. The minimum absolute atomic E-state index is 0.0693. The van der Waals surface area contributed by atoms with Crippen LogP contribution < -0.4 is 0 Å². The van der Waals surface area contributed by atoms with Gasteiger partial charge in [0, 0.05) is 12.1 Å². The number of ether oxygens (including phenoxy) is 1. The summed E-state index contributed by atoms with van der Waals surface area (Å²) in [5.74, 6) is 0.0693. The molecule has 22 heavy (non-hydrogen) atoms. The summed E-state index contributed by atoms with van der Waals surface area (Å²) in [4.78, 5) is 20.1. The van der Waals surface area contributed by atoms with E-state index in [9.17, 15) is 4.79 Å². The Morgan fingerprint density at radius 1 is 1.32 bits per heavy atom. The van der Waals surface area contributed by atoms with Crippen molar-refractivity contribution in [3.8, 4) is 10.6 Å². The van der Waals surface area contributed by atoms with E-state index in [4.69, 9.17) is 4.74 Å². The smallest absolute Gasteiger partial charge is 0.266 e. The largest absolute Gasteiger partial charge is 0.375 e. The van der Waals surface area contributed by atoms with Crippen LogP contribution in [0, 0.1) is 6.92 Å². The zero-order chi connectivity index (χ0) is 15.7. The van der Waals surface area contributed by atoms with Crippen molar-refractivity contribution in [3.63, 3.8) is 0 Å². The molecule has 2 atom stereocenters. The number of carbonyl (C=O) groups excluding carboxylic acids is 1. The highest BCUT2D eigenvalue weighted by molar-refractivity contribution is 7.17. The van der Waals surface area contributed by atoms with Crippen LogP contribution in [0.25, 0.3) is 10.6 Å². The Morgan fingerprint density at radius 3 is 2.77 bits per heavy atom. The van der Waals surface area contributed by atoms with Crippen molar-refractivity contribution in [1.29, 1.82) is 0 Å². The van der Waals surface area contributed by atoms with E-state index < -0.39 is 0 Å². The lowest BCUT2D eigenvalue weighted by Crippen LogP contribution is -2.50. The molecule has 1 aliphatic rings. The van der Waals surface area contributed by atoms with Gasteiger partial charge in [-0.3, -0.25) is 4.79 Å². The zero-order valence-electron chi connectivity index (χ0n) is 13.1. The first-order chi connectivity index (χ1) is 10.6. The van der Waals surface area contributed by atoms with E-state index in [2.05, 4.69) is 4.98 Å². The number of amides is 1. The van der Waals surface area contributed by atoms with Crippen LogP contribution in [0.2, 0.25) is 0 Å². The molecule has 0 bridgehead atoms. The molecule has 1 amide bonds.